The second-order valence-corrected chi connectivity index (χ2v) is 6.67. The van der Waals surface area contributed by atoms with Gasteiger partial charge in [0.05, 0.1) is 5.69 Å². The Bertz CT molecular complexity index is 372. The Labute approximate surface area is 120 Å². The minimum absolute atomic E-state index is 0.603. The number of rotatable bonds is 5. The molecular formula is C15H26N2OS. The summed E-state index contributed by atoms with van der Waals surface area (Å²) in [6.07, 6.45) is 7.81. The van der Waals surface area contributed by atoms with Gasteiger partial charge in [-0.2, -0.15) is 0 Å². The predicted molar refractivity (Wildman–Crippen MR) is 80.8 cm³/mol. The number of aryl methyl sites for hydroxylation is 2. The molecule has 1 aromatic rings. The maximum atomic E-state index is 5.73. The average molecular weight is 282 g/mol. The summed E-state index contributed by atoms with van der Waals surface area (Å²) < 4.78 is 5.73. The zero-order valence-electron chi connectivity index (χ0n) is 12.4. The number of hydrogen-bond donors (Lipinski definition) is 1. The van der Waals surface area contributed by atoms with Crippen LogP contribution < -0.4 is 5.32 Å². The summed E-state index contributed by atoms with van der Waals surface area (Å²) >= 11 is 1.83. The van der Waals surface area contributed by atoms with Crippen molar-refractivity contribution in [1.29, 1.82) is 0 Å². The van der Waals surface area contributed by atoms with Crippen LogP contribution >= 0.6 is 11.8 Å². The number of hydrogen-bond acceptors (Lipinski definition) is 4. The fourth-order valence-corrected chi connectivity index (χ4v) is 3.90. The van der Waals surface area contributed by atoms with Gasteiger partial charge in [0.1, 0.15) is 5.76 Å². The van der Waals surface area contributed by atoms with Gasteiger partial charge in [0, 0.05) is 11.3 Å². The summed E-state index contributed by atoms with van der Waals surface area (Å²) in [5.74, 6) is 0.953. The summed E-state index contributed by atoms with van der Waals surface area (Å²) in [5.41, 5.74) is 1.02. The first kappa shape index (κ1) is 14.9. The highest BCUT2D eigenvalue weighted by atomic mass is 32.2. The molecule has 1 aliphatic carbocycles. The molecule has 3 nitrogen and oxygen atoms in total. The van der Waals surface area contributed by atoms with E-state index in [1.807, 2.05) is 25.6 Å². The first-order valence-corrected chi connectivity index (χ1v) is 8.42. The third-order valence-electron chi connectivity index (χ3n) is 3.87. The van der Waals surface area contributed by atoms with E-state index in [4.69, 9.17) is 4.42 Å². The summed E-state index contributed by atoms with van der Waals surface area (Å²) in [5, 5.41) is 5.17. The van der Waals surface area contributed by atoms with Crippen molar-refractivity contribution < 1.29 is 4.42 Å². The summed E-state index contributed by atoms with van der Waals surface area (Å²) in [7, 11) is 0. The highest BCUT2D eigenvalue weighted by Gasteiger charge is 2.25. The van der Waals surface area contributed by atoms with E-state index in [2.05, 4.69) is 17.2 Å². The molecule has 4 heteroatoms. The lowest BCUT2D eigenvalue weighted by Gasteiger charge is -2.24. The van der Waals surface area contributed by atoms with Crippen molar-refractivity contribution in [2.45, 2.75) is 75.8 Å². The Morgan fingerprint density at radius 1 is 1.26 bits per heavy atom. The van der Waals surface area contributed by atoms with E-state index in [0.717, 1.165) is 23.2 Å². The molecule has 0 saturated heterocycles. The van der Waals surface area contributed by atoms with E-state index < -0.39 is 0 Å². The Kier molecular flexibility index (Phi) is 5.76. The van der Waals surface area contributed by atoms with E-state index in [-0.39, 0.29) is 0 Å². The largest absolute Gasteiger partial charge is 0.437 e. The molecule has 1 heterocycles. The highest BCUT2D eigenvalue weighted by molar-refractivity contribution is 7.99. The average Bonchev–Trinajstić information content (AvgIpc) is 2.59. The molecule has 0 spiro atoms. The van der Waals surface area contributed by atoms with E-state index >= 15 is 0 Å². The van der Waals surface area contributed by atoms with Crippen molar-refractivity contribution in [3.8, 4) is 0 Å². The first-order valence-electron chi connectivity index (χ1n) is 7.54. The van der Waals surface area contributed by atoms with E-state index in [0.29, 0.717) is 11.3 Å². The van der Waals surface area contributed by atoms with Gasteiger partial charge in [0.2, 0.25) is 0 Å². The van der Waals surface area contributed by atoms with E-state index in [1.54, 1.807) is 0 Å². The van der Waals surface area contributed by atoms with Crippen molar-refractivity contribution >= 4 is 11.8 Å². The normalized spacial score (nSPS) is 24.4. The molecule has 1 saturated carbocycles. The van der Waals surface area contributed by atoms with Crippen LogP contribution in [0.2, 0.25) is 0 Å². The highest BCUT2D eigenvalue weighted by Crippen LogP contribution is 2.33. The Balaban J connectivity index is 2.00. The van der Waals surface area contributed by atoms with Crippen molar-refractivity contribution in [3.05, 3.63) is 11.5 Å². The first-order chi connectivity index (χ1) is 9.20. The third-order valence-corrected chi connectivity index (χ3v) is 5.11. The van der Waals surface area contributed by atoms with Crippen molar-refractivity contribution in [2.75, 3.05) is 6.54 Å². The SMILES string of the molecule is CCCNC1CCCCCC1Sc1nc(C)c(C)o1. The molecular weight excluding hydrogens is 256 g/mol. The van der Waals surface area contributed by atoms with Gasteiger partial charge in [-0.1, -0.05) is 37.9 Å². The molecule has 108 valence electrons. The lowest BCUT2D eigenvalue weighted by Crippen LogP contribution is -2.37. The van der Waals surface area contributed by atoms with Gasteiger partial charge in [-0.15, -0.1) is 0 Å². The van der Waals surface area contributed by atoms with Crippen LogP contribution in [0.3, 0.4) is 0 Å². The van der Waals surface area contributed by atoms with Crippen LogP contribution in [-0.4, -0.2) is 22.8 Å². The lowest BCUT2D eigenvalue weighted by molar-refractivity contribution is 0.423. The number of thioether (sulfide) groups is 1. The molecule has 0 aliphatic heterocycles. The molecule has 2 atom stereocenters. The second kappa shape index (κ2) is 7.34. The second-order valence-electron chi connectivity index (χ2n) is 5.48. The van der Waals surface area contributed by atoms with Crippen LogP contribution in [0.1, 0.15) is 56.9 Å². The molecule has 2 unspecified atom stereocenters. The third kappa shape index (κ3) is 4.25. The van der Waals surface area contributed by atoms with Crippen molar-refractivity contribution in [3.63, 3.8) is 0 Å². The molecule has 0 aromatic carbocycles. The quantitative estimate of drug-likeness (QED) is 0.826. The van der Waals surface area contributed by atoms with E-state index in [9.17, 15) is 0 Å². The number of oxazole rings is 1. The number of nitrogens with one attached hydrogen (secondary N) is 1. The zero-order valence-corrected chi connectivity index (χ0v) is 13.2. The standard InChI is InChI=1S/C15H26N2OS/c1-4-10-16-13-8-6-5-7-9-14(13)19-15-17-11(2)12(3)18-15/h13-14,16H,4-10H2,1-3H3. The summed E-state index contributed by atoms with van der Waals surface area (Å²) in [6.45, 7) is 7.35. The predicted octanol–water partition coefficient (Wildman–Crippen LogP) is 4.08. The minimum Gasteiger partial charge on any atom is -0.437 e. The monoisotopic (exact) mass is 282 g/mol. The van der Waals surface area contributed by atoms with Crippen LogP contribution in [0.4, 0.5) is 0 Å². The molecule has 1 aliphatic rings. The summed E-state index contributed by atoms with van der Waals surface area (Å²) in [6, 6.07) is 0.611. The maximum Gasteiger partial charge on any atom is 0.256 e. The minimum atomic E-state index is 0.603. The van der Waals surface area contributed by atoms with Crippen LogP contribution in [-0.2, 0) is 0 Å². The van der Waals surface area contributed by atoms with Crippen molar-refractivity contribution in [2.24, 2.45) is 0 Å². The molecule has 1 N–H and O–H groups in total. The van der Waals surface area contributed by atoms with Gasteiger partial charge < -0.3 is 9.73 Å². The van der Waals surface area contributed by atoms with Crippen LogP contribution in [0.15, 0.2) is 9.64 Å². The zero-order chi connectivity index (χ0) is 13.7. The number of aromatic nitrogens is 1. The van der Waals surface area contributed by atoms with E-state index in [1.165, 1.54) is 38.5 Å². The molecule has 2 rings (SSSR count). The summed E-state index contributed by atoms with van der Waals surface area (Å²) in [4.78, 5) is 4.52. The Morgan fingerprint density at radius 3 is 2.74 bits per heavy atom. The van der Waals surface area contributed by atoms with Crippen LogP contribution in [0.5, 0.6) is 0 Å². The molecule has 19 heavy (non-hydrogen) atoms. The van der Waals surface area contributed by atoms with Gasteiger partial charge in [-0.05, 0) is 39.7 Å². The molecule has 1 fully saturated rings. The van der Waals surface area contributed by atoms with Gasteiger partial charge in [0.15, 0.2) is 0 Å². The fourth-order valence-electron chi connectivity index (χ4n) is 2.60. The topological polar surface area (TPSA) is 38.1 Å². The van der Waals surface area contributed by atoms with Crippen LogP contribution in [0.25, 0.3) is 0 Å². The molecule has 0 amide bonds. The van der Waals surface area contributed by atoms with Crippen LogP contribution in [0, 0.1) is 13.8 Å². The van der Waals surface area contributed by atoms with Gasteiger partial charge >= 0.3 is 0 Å². The Morgan fingerprint density at radius 2 is 2.05 bits per heavy atom. The smallest absolute Gasteiger partial charge is 0.256 e. The fraction of sp³-hybridized carbons (Fsp3) is 0.800. The molecule has 0 bridgehead atoms. The molecule has 0 radical (unpaired) electrons. The van der Waals surface area contributed by atoms with Crippen molar-refractivity contribution in [1.82, 2.24) is 10.3 Å². The maximum absolute atomic E-state index is 5.73. The molecule has 1 aromatic heterocycles. The Hall–Kier alpha value is -0.480. The van der Waals surface area contributed by atoms with Gasteiger partial charge in [-0.25, -0.2) is 4.98 Å². The lowest BCUT2D eigenvalue weighted by atomic mass is 10.1. The number of nitrogens with zero attached hydrogens (tertiary/aromatic N) is 1. The van der Waals surface area contributed by atoms with Gasteiger partial charge in [0.25, 0.3) is 5.22 Å². The van der Waals surface area contributed by atoms with Gasteiger partial charge in [-0.3, -0.25) is 0 Å².